The van der Waals surface area contributed by atoms with Gasteiger partial charge in [0.15, 0.2) is 17.3 Å². The van der Waals surface area contributed by atoms with Gasteiger partial charge in [0.2, 0.25) is 0 Å². The third kappa shape index (κ3) is 1.52. The summed E-state index contributed by atoms with van der Waals surface area (Å²) in [5.74, 6) is -0.581. The van der Waals surface area contributed by atoms with Crippen molar-refractivity contribution in [2.45, 2.75) is 60.8 Å². The Hall–Kier alpha value is -0.990. The van der Waals surface area contributed by atoms with E-state index in [1.54, 1.807) is 20.8 Å². The third-order valence-electron chi connectivity index (χ3n) is 5.13. The maximum Gasteiger partial charge on any atom is 0.159 e. The van der Waals surface area contributed by atoms with Crippen LogP contribution in [0, 0.1) is 16.2 Å². The molecule has 0 aromatic heterocycles. The number of ketones is 3. The fraction of sp³-hybridized carbons (Fsp3) is 0.800. The number of carbonyl (C=O) groups is 3. The zero-order valence-electron chi connectivity index (χ0n) is 12.3. The fourth-order valence-corrected chi connectivity index (χ4v) is 3.10. The van der Waals surface area contributed by atoms with Crippen LogP contribution in [0.2, 0.25) is 0 Å². The van der Waals surface area contributed by atoms with E-state index < -0.39 is 16.2 Å². The van der Waals surface area contributed by atoms with Crippen LogP contribution in [0.25, 0.3) is 0 Å². The van der Waals surface area contributed by atoms with Gasteiger partial charge in [-0.3, -0.25) is 14.4 Å². The highest BCUT2D eigenvalue weighted by molar-refractivity contribution is 6.30. The van der Waals surface area contributed by atoms with Crippen molar-refractivity contribution in [2.24, 2.45) is 16.2 Å². The first kappa shape index (κ1) is 15.1. The molecule has 3 nitrogen and oxygen atoms in total. The maximum atomic E-state index is 12.6. The summed E-state index contributed by atoms with van der Waals surface area (Å²) in [5, 5.41) is 0. The van der Waals surface area contributed by atoms with Gasteiger partial charge in [-0.15, -0.1) is 0 Å². The number of rotatable bonds is 3. The molecule has 1 fully saturated rings. The van der Waals surface area contributed by atoms with Gasteiger partial charge >= 0.3 is 0 Å². The average Bonchev–Trinajstić information content (AvgIpc) is 2.40. The van der Waals surface area contributed by atoms with Crippen LogP contribution in [0.1, 0.15) is 60.8 Å². The monoisotopic (exact) mass is 252 g/mol. The van der Waals surface area contributed by atoms with Crippen LogP contribution in [0.4, 0.5) is 0 Å². The van der Waals surface area contributed by atoms with Crippen molar-refractivity contribution in [2.75, 3.05) is 0 Å². The molecule has 0 aliphatic heterocycles. The summed E-state index contributed by atoms with van der Waals surface area (Å²) in [6, 6.07) is 0. The van der Waals surface area contributed by atoms with Crippen molar-refractivity contribution in [3.05, 3.63) is 0 Å². The van der Waals surface area contributed by atoms with Crippen molar-refractivity contribution in [3.8, 4) is 0 Å². The molecule has 1 saturated carbocycles. The van der Waals surface area contributed by atoms with Crippen LogP contribution in [-0.2, 0) is 14.4 Å². The van der Waals surface area contributed by atoms with Crippen LogP contribution in [0.15, 0.2) is 0 Å². The Balaban J connectivity index is 3.54. The zero-order chi connectivity index (χ0) is 14.4. The van der Waals surface area contributed by atoms with E-state index in [9.17, 15) is 14.4 Å². The summed E-state index contributed by atoms with van der Waals surface area (Å²) < 4.78 is 0. The number of Topliss-reactive ketones (excluding diaryl/α,β-unsaturated/α-hetero) is 3. The van der Waals surface area contributed by atoms with Crippen molar-refractivity contribution < 1.29 is 14.4 Å². The van der Waals surface area contributed by atoms with Crippen molar-refractivity contribution in [1.29, 1.82) is 0 Å². The van der Waals surface area contributed by atoms with Gasteiger partial charge in [0.25, 0.3) is 0 Å². The second-order valence-electron chi connectivity index (χ2n) is 6.04. The molecular formula is C15H24O3. The Labute approximate surface area is 109 Å². The minimum atomic E-state index is -1.01. The molecule has 0 radical (unpaired) electrons. The van der Waals surface area contributed by atoms with E-state index in [0.717, 1.165) is 0 Å². The first-order valence-corrected chi connectivity index (χ1v) is 6.79. The number of hydrogen-bond acceptors (Lipinski definition) is 3. The van der Waals surface area contributed by atoms with E-state index in [-0.39, 0.29) is 17.3 Å². The zero-order valence-corrected chi connectivity index (χ0v) is 12.3. The molecule has 3 heteroatoms. The number of hydrogen-bond donors (Lipinski definition) is 0. The first-order valence-electron chi connectivity index (χ1n) is 6.79. The highest BCUT2D eigenvalue weighted by Gasteiger charge is 2.64. The van der Waals surface area contributed by atoms with E-state index in [0.29, 0.717) is 19.3 Å². The lowest BCUT2D eigenvalue weighted by Gasteiger charge is -2.48. The smallest absolute Gasteiger partial charge is 0.159 e. The standard InChI is InChI=1S/C15H24O3/c1-7-13(4)10(16)14(5,8-2)12(18)15(6,9-3)11(13)17/h7-9H2,1-6H3. The lowest BCUT2D eigenvalue weighted by atomic mass is 9.50. The molecule has 0 aromatic carbocycles. The van der Waals surface area contributed by atoms with Gasteiger partial charge in [-0.1, -0.05) is 20.8 Å². The Bertz CT molecular complexity index is 326. The predicted octanol–water partition coefficient (Wildman–Crippen LogP) is 2.96. The SMILES string of the molecule is CCC1(C)C(=O)C(C)(CC)C(=O)C(C)(CC)C1=O. The highest BCUT2D eigenvalue weighted by atomic mass is 16.2. The third-order valence-corrected chi connectivity index (χ3v) is 5.13. The molecule has 0 amide bonds. The average molecular weight is 252 g/mol. The van der Waals surface area contributed by atoms with Gasteiger partial charge < -0.3 is 0 Å². The molecule has 1 aliphatic rings. The second-order valence-corrected chi connectivity index (χ2v) is 6.04. The maximum absolute atomic E-state index is 12.6. The van der Waals surface area contributed by atoms with Gasteiger partial charge in [-0.05, 0) is 40.0 Å². The molecule has 0 aromatic rings. The molecule has 0 spiro atoms. The molecule has 102 valence electrons. The van der Waals surface area contributed by atoms with Gasteiger partial charge in [-0.25, -0.2) is 0 Å². The molecule has 0 saturated heterocycles. The van der Waals surface area contributed by atoms with Crippen molar-refractivity contribution in [3.63, 3.8) is 0 Å². The molecule has 0 bridgehead atoms. The molecule has 18 heavy (non-hydrogen) atoms. The van der Waals surface area contributed by atoms with Gasteiger partial charge in [0, 0.05) is 0 Å². The summed E-state index contributed by atoms with van der Waals surface area (Å²) in [6.07, 6.45) is 1.38. The van der Waals surface area contributed by atoms with Crippen LogP contribution >= 0.6 is 0 Å². The number of carbonyl (C=O) groups excluding carboxylic acids is 3. The van der Waals surface area contributed by atoms with Gasteiger partial charge in [0.1, 0.15) is 0 Å². The fourth-order valence-electron chi connectivity index (χ4n) is 3.10. The lowest BCUT2D eigenvalue weighted by Crippen LogP contribution is -2.63. The van der Waals surface area contributed by atoms with Gasteiger partial charge in [-0.2, -0.15) is 0 Å². The summed E-state index contributed by atoms with van der Waals surface area (Å²) in [7, 11) is 0. The molecule has 1 aliphatic carbocycles. The molecule has 0 N–H and O–H groups in total. The molecule has 0 atom stereocenters. The molecular weight excluding hydrogens is 228 g/mol. The van der Waals surface area contributed by atoms with Crippen LogP contribution < -0.4 is 0 Å². The summed E-state index contributed by atoms with van der Waals surface area (Å²) >= 11 is 0. The Morgan fingerprint density at radius 3 is 0.889 bits per heavy atom. The first-order chi connectivity index (χ1) is 8.15. The van der Waals surface area contributed by atoms with E-state index >= 15 is 0 Å². The minimum Gasteiger partial charge on any atom is -0.297 e. The lowest BCUT2D eigenvalue weighted by molar-refractivity contribution is -0.168. The second kappa shape index (κ2) is 4.29. The van der Waals surface area contributed by atoms with E-state index in [1.807, 2.05) is 20.8 Å². The topological polar surface area (TPSA) is 51.2 Å². The van der Waals surface area contributed by atoms with Gasteiger partial charge in [0.05, 0.1) is 16.2 Å². The normalized spacial score (nSPS) is 41.3. The van der Waals surface area contributed by atoms with Crippen LogP contribution in [0.3, 0.4) is 0 Å². The van der Waals surface area contributed by atoms with E-state index in [2.05, 4.69) is 0 Å². The predicted molar refractivity (Wildman–Crippen MR) is 70.2 cm³/mol. The highest BCUT2D eigenvalue weighted by Crippen LogP contribution is 2.50. The largest absolute Gasteiger partial charge is 0.297 e. The van der Waals surface area contributed by atoms with Crippen LogP contribution in [0.5, 0.6) is 0 Å². The summed E-state index contributed by atoms with van der Waals surface area (Å²) in [5.41, 5.74) is -3.03. The van der Waals surface area contributed by atoms with E-state index in [1.165, 1.54) is 0 Å². The summed E-state index contributed by atoms with van der Waals surface area (Å²) in [6.45, 7) is 10.6. The van der Waals surface area contributed by atoms with Crippen molar-refractivity contribution in [1.82, 2.24) is 0 Å². The summed E-state index contributed by atoms with van der Waals surface area (Å²) in [4.78, 5) is 37.8. The van der Waals surface area contributed by atoms with Crippen LogP contribution in [-0.4, -0.2) is 17.3 Å². The van der Waals surface area contributed by atoms with Crippen molar-refractivity contribution >= 4 is 17.3 Å². The Kier molecular flexibility index (Phi) is 3.59. The Morgan fingerprint density at radius 1 is 0.611 bits per heavy atom. The molecule has 1 rings (SSSR count). The Morgan fingerprint density at radius 2 is 0.778 bits per heavy atom. The molecule has 0 unspecified atom stereocenters. The van der Waals surface area contributed by atoms with E-state index in [4.69, 9.17) is 0 Å². The minimum absolute atomic E-state index is 0.194. The quantitative estimate of drug-likeness (QED) is 0.726. The molecule has 0 heterocycles.